The highest BCUT2D eigenvalue weighted by molar-refractivity contribution is 5.99. The molecule has 1 aromatic carbocycles. The van der Waals surface area contributed by atoms with E-state index in [0.717, 1.165) is 12.8 Å². The molecule has 1 fully saturated rings. The third kappa shape index (κ3) is 4.69. The fourth-order valence-electron chi connectivity index (χ4n) is 2.55. The van der Waals surface area contributed by atoms with Gasteiger partial charge in [-0.05, 0) is 44.0 Å². The van der Waals surface area contributed by atoms with Crippen LogP contribution in [0.15, 0.2) is 24.3 Å². The minimum absolute atomic E-state index is 0.102. The first-order valence-corrected chi connectivity index (χ1v) is 7.84. The largest absolute Gasteiger partial charge is 0.497 e. The minimum atomic E-state index is -0.423. The van der Waals surface area contributed by atoms with Crippen LogP contribution in [-0.4, -0.2) is 45.4 Å². The molecule has 0 radical (unpaired) electrons. The van der Waals surface area contributed by atoms with E-state index in [1.54, 1.807) is 38.3 Å². The van der Waals surface area contributed by atoms with Gasteiger partial charge in [-0.25, -0.2) is 0 Å². The van der Waals surface area contributed by atoms with Gasteiger partial charge in [-0.15, -0.1) is 0 Å². The van der Waals surface area contributed by atoms with Crippen molar-refractivity contribution in [3.8, 4) is 5.75 Å². The fraction of sp³-hybridized carbons (Fsp3) is 0.529. The van der Waals surface area contributed by atoms with Crippen LogP contribution in [0.1, 0.15) is 19.8 Å². The number of benzene rings is 1. The van der Waals surface area contributed by atoms with Crippen LogP contribution < -0.4 is 9.64 Å². The zero-order valence-corrected chi connectivity index (χ0v) is 13.6. The van der Waals surface area contributed by atoms with Crippen LogP contribution in [0.2, 0.25) is 0 Å². The predicted molar refractivity (Wildman–Crippen MR) is 85.5 cm³/mol. The Bertz CT molecular complexity index is 522. The Morgan fingerprint density at radius 1 is 1.30 bits per heavy atom. The molecule has 126 valence electrons. The Labute approximate surface area is 136 Å². The second-order valence-corrected chi connectivity index (χ2v) is 5.34. The first-order chi connectivity index (χ1) is 11.2. The van der Waals surface area contributed by atoms with Crippen LogP contribution in [0.5, 0.6) is 5.75 Å². The van der Waals surface area contributed by atoms with Crippen LogP contribution >= 0.6 is 0 Å². The predicted octanol–water partition coefficient (Wildman–Crippen LogP) is 2.02. The zero-order valence-electron chi connectivity index (χ0n) is 13.6. The van der Waals surface area contributed by atoms with E-state index in [1.807, 2.05) is 0 Å². The smallest absolute Gasteiger partial charge is 0.326 e. The number of carbonyl (C=O) groups excluding carboxylic acids is 2. The molecule has 23 heavy (non-hydrogen) atoms. The van der Waals surface area contributed by atoms with Crippen molar-refractivity contribution in [3.63, 3.8) is 0 Å². The van der Waals surface area contributed by atoms with Gasteiger partial charge < -0.3 is 19.1 Å². The van der Waals surface area contributed by atoms with Gasteiger partial charge in [0, 0.05) is 12.3 Å². The number of ether oxygens (including phenoxy) is 3. The van der Waals surface area contributed by atoms with E-state index in [0.29, 0.717) is 24.7 Å². The molecule has 0 N–H and O–H groups in total. The number of rotatable bonds is 6. The summed E-state index contributed by atoms with van der Waals surface area (Å²) in [6.07, 6.45) is 1.63. The Hall–Kier alpha value is -2.08. The van der Waals surface area contributed by atoms with Gasteiger partial charge in [0.2, 0.25) is 5.91 Å². The molecule has 0 aliphatic carbocycles. The topological polar surface area (TPSA) is 65.1 Å². The summed E-state index contributed by atoms with van der Waals surface area (Å²) in [5.74, 6) is -0.0603. The van der Waals surface area contributed by atoms with Gasteiger partial charge in [0.1, 0.15) is 12.3 Å². The number of anilines is 1. The van der Waals surface area contributed by atoms with Crippen molar-refractivity contribution in [2.45, 2.75) is 19.8 Å². The van der Waals surface area contributed by atoms with Crippen molar-refractivity contribution in [2.75, 3.05) is 38.4 Å². The molecular formula is C17H23NO5. The maximum Gasteiger partial charge on any atom is 0.326 e. The SMILES string of the molecule is CCOC(=O)CN(C(=O)C1CCCOC1)c1ccc(OC)cc1. The van der Waals surface area contributed by atoms with Crippen LogP contribution in [0, 0.1) is 5.92 Å². The zero-order chi connectivity index (χ0) is 16.7. The number of esters is 1. The van der Waals surface area contributed by atoms with E-state index >= 15 is 0 Å². The minimum Gasteiger partial charge on any atom is -0.497 e. The molecule has 0 spiro atoms. The van der Waals surface area contributed by atoms with Crippen LogP contribution in [-0.2, 0) is 19.1 Å². The molecule has 1 aromatic rings. The average Bonchev–Trinajstić information content (AvgIpc) is 2.60. The summed E-state index contributed by atoms with van der Waals surface area (Å²) in [4.78, 5) is 26.1. The molecule has 1 unspecified atom stereocenters. The average molecular weight is 321 g/mol. The van der Waals surface area contributed by atoms with Gasteiger partial charge >= 0.3 is 5.97 Å². The third-order valence-electron chi connectivity index (χ3n) is 3.75. The number of nitrogens with zero attached hydrogens (tertiary/aromatic N) is 1. The van der Waals surface area contributed by atoms with E-state index in [1.165, 1.54) is 4.90 Å². The molecular weight excluding hydrogens is 298 g/mol. The summed E-state index contributed by atoms with van der Waals surface area (Å²) in [7, 11) is 1.58. The molecule has 0 bridgehead atoms. The third-order valence-corrected chi connectivity index (χ3v) is 3.75. The summed E-state index contributed by atoms with van der Waals surface area (Å²) in [5.41, 5.74) is 0.648. The standard InChI is InChI=1S/C17H23NO5/c1-3-23-16(19)11-18(14-6-8-15(21-2)9-7-14)17(20)13-5-4-10-22-12-13/h6-9,13H,3-5,10-12H2,1-2H3. The Kier molecular flexibility index (Phi) is 6.40. The lowest BCUT2D eigenvalue weighted by molar-refractivity contribution is -0.143. The maximum absolute atomic E-state index is 12.8. The van der Waals surface area contributed by atoms with Crippen molar-refractivity contribution in [1.29, 1.82) is 0 Å². The van der Waals surface area contributed by atoms with E-state index in [2.05, 4.69) is 0 Å². The lowest BCUT2D eigenvalue weighted by atomic mass is 10.0. The Morgan fingerprint density at radius 2 is 2.04 bits per heavy atom. The van der Waals surface area contributed by atoms with Gasteiger partial charge in [0.05, 0.1) is 26.2 Å². The van der Waals surface area contributed by atoms with Crippen molar-refractivity contribution in [2.24, 2.45) is 5.92 Å². The molecule has 0 saturated carbocycles. The number of carbonyl (C=O) groups is 2. The first-order valence-electron chi connectivity index (χ1n) is 7.84. The number of methoxy groups -OCH3 is 1. The molecule has 0 aromatic heterocycles. The highest BCUT2D eigenvalue weighted by Gasteiger charge is 2.29. The van der Waals surface area contributed by atoms with Crippen molar-refractivity contribution in [1.82, 2.24) is 0 Å². The van der Waals surface area contributed by atoms with E-state index in [-0.39, 0.29) is 25.0 Å². The summed E-state index contributed by atoms with van der Waals surface area (Å²) >= 11 is 0. The van der Waals surface area contributed by atoms with Crippen molar-refractivity contribution in [3.05, 3.63) is 24.3 Å². The highest BCUT2D eigenvalue weighted by atomic mass is 16.5. The van der Waals surface area contributed by atoms with Gasteiger partial charge in [-0.2, -0.15) is 0 Å². The quantitative estimate of drug-likeness (QED) is 0.750. The summed E-state index contributed by atoms with van der Waals surface area (Å²) < 4.78 is 15.5. The van der Waals surface area contributed by atoms with E-state index < -0.39 is 5.97 Å². The van der Waals surface area contributed by atoms with Gasteiger partial charge in [0.25, 0.3) is 0 Å². The number of hydrogen-bond donors (Lipinski definition) is 0. The Morgan fingerprint density at radius 3 is 2.61 bits per heavy atom. The van der Waals surface area contributed by atoms with Gasteiger partial charge in [-0.3, -0.25) is 9.59 Å². The molecule has 6 nitrogen and oxygen atoms in total. The van der Waals surface area contributed by atoms with Crippen LogP contribution in [0.25, 0.3) is 0 Å². The van der Waals surface area contributed by atoms with Crippen LogP contribution in [0.3, 0.4) is 0 Å². The summed E-state index contributed by atoms with van der Waals surface area (Å²) in [5, 5.41) is 0. The number of hydrogen-bond acceptors (Lipinski definition) is 5. The number of amides is 1. The normalized spacial score (nSPS) is 17.4. The van der Waals surface area contributed by atoms with Crippen molar-refractivity contribution >= 4 is 17.6 Å². The summed E-state index contributed by atoms with van der Waals surface area (Å²) in [6, 6.07) is 7.05. The molecule has 1 saturated heterocycles. The van der Waals surface area contributed by atoms with E-state index in [4.69, 9.17) is 14.2 Å². The molecule has 2 rings (SSSR count). The fourth-order valence-corrected chi connectivity index (χ4v) is 2.55. The second-order valence-electron chi connectivity index (χ2n) is 5.34. The van der Waals surface area contributed by atoms with Crippen LogP contribution in [0.4, 0.5) is 5.69 Å². The van der Waals surface area contributed by atoms with Crippen molar-refractivity contribution < 1.29 is 23.8 Å². The molecule has 1 amide bonds. The molecule has 1 atom stereocenters. The molecule has 1 aliphatic heterocycles. The second kappa shape index (κ2) is 8.53. The maximum atomic E-state index is 12.8. The van der Waals surface area contributed by atoms with E-state index in [9.17, 15) is 9.59 Å². The molecule has 6 heteroatoms. The van der Waals surface area contributed by atoms with Gasteiger partial charge in [0.15, 0.2) is 0 Å². The highest BCUT2D eigenvalue weighted by Crippen LogP contribution is 2.24. The Balaban J connectivity index is 2.18. The lowest BCUT2D eigenvalue weighted by Gasteiger charge is -2.28. The molecule has 1 aliphatic rings. The first kappa shape index (κ1) is 17.3. The lowest BCUT2D eigenvalue weighted by Crippen LogP contribution is -2.42. The molecule has 1 heterocycles. The summed E-state index contributed by atoms with van der Waals surface area (Å²) in [6.45, 7) is 3.01. The van der Waals surface area contributed by atoms with Gasteiger partial charge in [-0.1, -0.05) is 0 Å². The monoisotopic (exact) mass is 321 g/mol.